The summed E-state index contributed by atoms with van der Waals surface area (Å²) in [6.45, 7) is 2.15. The van der Waals surface area contributed by atoms with Gasteiger partial charge in [0.2, 0.25) is 0 Å². The number of allylic oxidation sites excluding steroid dienone is 1. The van der Waals surface area contributed by atoms with Gasteiger partial charge >= 0.3 is 0 Å². The SMILES string of the molecule is CCCC/C=C/c1cccc2c1C(N)=NS(=O)(=O)C2. The lowest BCUT2D eigenvalue weighted by molar-refractivity contribution is 0.596. The van der Waals surface area contributed by atoms with Gasteiger partial charge in [-0.1, -0.05) is 50.1 Å². The molecule has 1 aromatic carbocycles. The van der Waals surface area contributed by atoms with Crippen molar-refractivity contribution >= 4 is 21.9 Å². The van der Waals surface area contributed by atoms with E-state index in [2.05, 4.69) is 17.4 Å². The number of amidine groups is 1. The van der Waals surface area contributed by atoms with E-state index in [1.54, 1.807) is 6.07 Å². The van der Waals surface area contributed by atoms with E-state index < -0.39 is 10.0 Å². The maximum absolute atomic E-state index is 11.5. The molecule has 0 fully saturated rings. The Balaban J connectivity index is 2.37. The summed E-state index contributed by atoms with van der Waals surface area (Å²) in [5.74, 6) is 0.0247. The average Bonchev–Trinajstić information content (AvgIpc) is 2.32. The van der Waals surface area contributed by atoms with Gasteiger partial charge in [0.1, 0.15) is 5.84 Å². The van der Waals surface area contributed by atoms with E-state index in [0.29, 0.717) is 0 Å². The van der Waals surface area contributed by atoms with Crippen molar-refractivity contribution in [1.82, 2.24) is 0 Å². The zero-order chi connectivity index (χ0) is 13.9. The second-order valence-corrected chi connectivity index (χ2v) is 6.26. The molecule has 0 spiro atoms. The molecule has 1 aromatic rings. The molecule has 0 amide bonds. The van der Waals surface area contributed by atoms with Crippen molar-refractivity contribution in [3.63, 3.8) is 0 Å². The van der Waals surface area contributed by atoms with Crippen LogP contribution in [0.5, 0.6) is 0 Å². The number of nitrogens with two attached hydrogens (primary N) is 1. The lowest BCUT2D eigenvalue weighted by Crippen LogP contribution is -2.24. The van der Waals surface area contributed by atoms with E-state index in [9.17, 15) is 8.42 Å². The Kier molecular flexibility index (Phi) is 4.04. The molecule has 4 nitrogen and oxygen atoms in total. The molecule has 0 unspecified atom stereocenters. The first-order valence-electron chi connectivity index (χ1n) is 6.40. The fourth-order valence-electron chi connectivity index (χ4n) is 2.15. The maximum Gasteiger partial charge on any atom is 0.259 e. The van der Waals surface area contributed by atoms with Gasteiger partial charge in [-0.15, -0.1) is 4.40 Å². The summed E-state index contributed by atoms with van der Waals surface area (Å²) >= 11 is 0. The van der Waals surface area contributed by atoms with Gasteiger partial charge in [-0.05, 0) is 17.5 Å². The van der Waals surface area contributed by atoms with Crippen LogP contribution in [0.25, 0.3) is 6.08 Å². The third kappa shape index (κ3) is 3.23. The van der Waals surface area contributed by atoms with Crippen molar-refractivity contribution in [2.75, 3.05) is 0 Å². The topological polar surface area (TPSA) is 72.5 Å². The number of rotatable bonds is 4. The number of hydrogen-bond acceptors (Lipinski definition) is 3. The van der Waals surface area contributed by atoms with E-state index in [0.717, 1.165) is 36.0 Å². The largest absolute Gasteiger partial charge is 0.383 e. The first-order valence-corrected chi connectivity index (χ1v) is 8.01. The molecule has 2 N–H and O–H groups in total. The molecule has 0 saturated carbocycles. The quantitative estimate of drug-likeness (QED) is 0.860. The molecular weight excluding hydrogens is 260 g/mol. The van der Waals surface area contributed by atoms with Crippen molar-refractivity contribution in [1.29, 1.82) is 0 Å². The number of unbranched alkanes of at least 4 members (excludes halogenated alkanes) is 2. The zero-order valence-corrected chi connectivity index (χ0v) is 11.8. The van der Waals surface area contributed by atoms with Gasteiger partial charge in [0.05, 0.1) is 5.75 Å². The minimum Gasteiger partial charge on any atom is -0.383 e. The Bertz CT molecular complexity index is 631. The highest BCUT2D eigenvalue weighted by Gasteiger charge is 2.23. The standard InChI is InChI=1S/C14H18N2O2S/c1-2-3-4-5-7-11-8-6-9-12-10-19(17,18)16-14(15)13(11)12/h5-9H,2-4,10H2,1H3,(H2,15,16)/b7-5+. The Morgan fingerprint density at radius 1 is 1.42 bits per heavy atom. The fraction of sp³-hybridized carbons (Fsp3) is 0.357. The van der Waals surface area contributed by atoms with Gasteiger partial charge < -0.3 is 5.73 Å². The molecule has 0 aromatic heterocycles. The molecule has 19 heavy (non-hydrogen) atoms. The number of sulfonamides is 1. The molecule has 0 atom stereocenters. The molecule has 0 radical (unpaired) electrons. The van der Waals surface area contributed by atoms with E-state index in [1.165, 1.54) is 0 Å². The molecule has 0 saturated heterocycles. The van der Waals surface area contributed by atoms with E-state index in [4.69, 9.17) is 5.73 Å². The lowest BCUT2D eigenvalue weighted by atomic mass is 10.00. The van der Waals surface area contributed by atoms with Crippen LogP contribution in [0.2, 0.25) is 0 Å². The molecule has 1 aliphatic heterocycles. The summed E-state index contributed by atoms with van der Waals surface area (Å²) in [5, 5.41) is 0. The van der Waals surface area contributed by atoms with Crippen LogP contribution in [0, 0.1) is 0 Å². The molecule has 1 heterocycles. The molecule has 1 aliphatic rings. The van der Waals surface area contributed by atoms with E-state index in [-0.39, 0.29) is 11.6 Å². The predicted octanol–water partition coefficient (Wildman–Crippen LogP) is 2.44. The summed E-state index contributed by atoms with van der Waals surface area (Å²) in [6.07, 6.45) is 7.39. The second-order valence-electron chi connectivity index (χ2n) is 4.63. The van der Waals surface area contributed by atoms with Crippen molar-refractivity contribution < 1.29 is 8.42 Å². The first kappa shape index (κ1) is 13.8. The van der Waals surface area contributed by atoms with Gasteiger partial charge in [-0.25, -0.2) is 8.42 Å². The van der Waals surface area contributed by atoms with Crippen molar-refractivity contribution in [3.8, 4) is 0 Å². The number of nitrogens with zero attached hydrogens (tertiary/aromatic N) is 1. The summed E-state index contributed by atoms with van der Waals surface area (Å²) in [7, 11) is -3.45. The Hall–Kier alpha value is -1.62. The van der Waals surface area contributed by atoms with Crippen molar-refractivity contribution in [2.45, 2.75) is 31.9 Å². The predicted molar refractivity (Wildman–Crippen MR) is 78.3 cm³/mol. The Morgan fingerprint density at radius 2 is 2.21 bits per heavy atom. The van der Waals surface area contributed by atoms with Crippen molar-refractivity contribution in [3.05, 3.63) is 41.0 Å². The smallest absolute Gasteiger partial charge is 0.259 e. The number of hydrogen-bond donors (Lipinski definition) is 1. The summed E-state index contributed by atoms with van der Waals surface area (Å²) < 4.78 is 26.7. The van der Waals surface area contributed by atoms with Crippen LogP contribution in [0.1, 0.15) is 42.9 Å². The molecule has 2 rings (SSSR count). The first-order chi connectivity index (χ1) is 9.03. The molecule has 0 bridgehead atoms. The van der Waals surface area contributed by atoms with Crippen LogP contribution in [0.3, 0.4) is 0 Å². The minimum atomic E-state index is -3.45. The summed E-state index contributed by atoms with van der Waals surface area (Å²) in [5.41, 5.74) is 8.21. The molecule has 0 aliphatic carbocycles. The molecule has 102 valence electrons. The third-order valence-corrected chi connectivity index (χ3v) is 4.19. The van der Waals surface area contributed by atoms with E-state index in [1.807, 2.05) is 18.2 Å². The second kappa shape index (κ2) is 5.57. The van der Waals surface area contributed by atoms with E-state index >= 15 is 0 Å². The molecule has 5 heteroatoms. The summed E-state index contributed by atoms with van der Waals surface area (Å²) in [6, 6.07) is 5.58. The maximum atomic E-state index is 11.5. The van der Waals surface area contributed by atoms with Gasteiger partial charge in [0.25, 0.3) is 10.0 Å². The summed E-state index contributed by atoms with van der Waals surface area (Å²) in [4.78, 5) is 0. The Labute approximate surface area is 114 Å². The number of benzene rings is 1. The average molecular weight is 278 g/mol. The molecular formula is C14H18N2O2S. The Morgan fingerprint density at radius 3 is 2.95 bits per heavy atom. The van der Waals surface area contributed by atoms with Crippen LogP contribution in [-0.2, 0) is 15.8 Å². The normalized spacial score (nSPS) is 17.2. The van der Waals surface area contributed by atoms with Gasteiger partial charge in [0.15, 0.2) is 0 Å². The fourth-order valence-corrected chi connectivity index (χ4v) is 3.24. The zero-order valence-electron chi connectivity index (χ0n) is 11.0. The van der Waals surface area contributed by atoms with Crippen molar-refractivity contribution in [2.24, 2.45) is 10.1 Å². The van der Waals surface area contributed by atoms with Crippen LogP contribution in [-0.4, -0.2) is 14.3 Å². The van der Waals surface area contributed by atoms with Gasteiger partial charge in [0, 0.05) is 5.56 Å². The van der Waals surface area contributed by atoms with Gasteiger partial charge in [-0.2, -0.15) is 0 Å². The van der Waals surface area contributed by atoms with Crippen LogP contribution in [0.15, 0.2) is 28.7 Å². The monoisotopic (exact) mass is 278 g/mol. The van der Waals surface area contributed by atoms with Crippen LogP contribution >= 0.6 is 0 Å². The minimum absolute atomic E-state index is 0.0698. The van der Waals surface area contributed by atoms with Crippen LogP contribution in [0.4, 0.5) is 0 Å². The highest BCUT2D eigenvalue weighted by molar-refractivity contribution is 7.89. The highest BCUT2D eigenvalue weighted by Crippen LogP contribution is 2.24. The lowest BCUT2D eigenvalue weighted by Gasteiger charge is -2.16. The highest BCUT2D eigenvalue weighted by atomic mass is 32.2. The third-order valence-electron chi connectivity index (χ3n) is 3.04. The number of fused-ring (bicyclic) bond motifs is 1. The van der Waals surface area contributed by atoms with Gasteiger partial charge in [-0.3, -0.25) is 0 Å². The van der Waals surface area contributed by atoms with Crippen LogP contribution < -0.4 is 5.73 Å².